The first-order valence-corrected chi connectivity index (χ1v) is 11.6. The molecule has 7 nitrogen and oxygen atoms in total. The second-order valence-corrected chi connectivity index (χ2v) is 9.42. The number of ether oxygens (including phenoxy) is 2. The highest BCUT2D eigenvalue weighted by Crippen LogP contribution is 2.31. The lowest BCUT2D eigenvalue weighted by Gasteiger charge is -2.13. The van der Waals surface area contributed by atoms with Crippen LogP contribution in [0.25, 0.3) is 10.2 Å². The molecule has 0 saturated carbocycles. The Bertz CT molecular complexity index is 1390. The summed E-state index contributed by atoms with van der Waals surface area (Å²) in [6.07, 6.45) is 0. The van der Waals surface area contributed by atoms with Crippen LogP contribution in [0.3, 0.4) is 0 Å². The maximum absolute atomic E-state index is 13.0. The number of methoxy groups -OCH3 is 2. The van der Waals surface area contributed by atoms with Crippen molar-refractivity contribution in [3.63, 3.8) is 0 Å². The number of benzene rings is 3. The molecular formula is C22H20N2O5S2. The average Bonchev–Trinajstić information content (AvgIpc) is 3.08. The first kappa shape index (κ1) is 21.0. The van der Waals surface area contributed by atoms with E-state index in [9.17, 15) is 13.2 Å². The second kappa shape index (κ2) is 8.44. The molecule has 0 spiro atoms. The molecule has 31 heavy (non-hydrogen) atoms. The highest BCUT2D eigenvalue weighted by molar-refractivity contribution is 7.92. The van der Waals surface area contributed by atoms with Crippen molar-refractivity contribution in [1.82, 2.24) is 4.57 Å². The zero-order valence-electron chi connectivity index (χ0n) is 16.9. The van der Waals surface area contributed by atoms with Crippen LogP contribution in [0.15, 0.2) is 76.4 Å². The molecule has 9 heteroatoms. The lowest BCUT2D eigenvalue weighted by atomic mass is 10.2. The average molecular weight is 457 g/mol. The molecule has 160 valence electrons. The Hall–Kier alpha value is -3.30. The predicted molar refractivity (Wildman–Crippen MR) is 122 cm³/mol. The topological polar surface area (TPSA) is 86.6 Å². The molecule has 1 aromatic heterocycles. The molecule has 0 atom stereocenters. The van der Waals surface area contributed by atoms with Gasteiger partial charge >= 0.3 is 4.87 Å². The van der Waals surface area contributed by atoms with Crippen molar-refractivity contribution in [1.29, 1.82) is 0 Å². The first-order chi connectivity index (χ1) is 14.9. The summed E-state index contributed by atoms with van der Waals surface area (Å²) in [6, 6.07) is 19.1. The minimum absolute atomic E-state index is 0.0537. The normalized spacial score (nSPS) is 11.4. The molecule has 1 heterocycles. The Morgan fingerprint density at radius 1 is 0.968 bits per heavy atom. The van der Waals surface area contributed by atoms with E-state index in [1.54, 1.807) is 28.8 Å². The van der Waals surface area contributed by atoms with Crippen molar-refractivity contribution in [2.75, 3.05) is 18.9 Å². The quantitative estimate of drug-likeness (QED) is 0.455. The van der Waals surface area contributed by atoms with Crippen LogP contribution >= 0.6 is 11.3 Å². The number of anilines is 1. The summed E-state index contributed by atoms with van der Waals surface area (Å²) in [5.41, 5.74) is 1.95. The molecule has 1 N–H and O–H groups in total. The van der Waals surface area contributed by atoms with E-state index in [-0.39, 0.29) is 15.5 Å². The fraction of sp³-hybridized carbons (Fsp3) is 0.136. The van der Waals surface area contributed by atoms with Gasteiger partial charge < -0.3 is 9.47 Å². The third-order valence-corrected chi connectivity index (χ3v) is 7.09. The lowest BCUT2D eigenvalue weighted by Crippen LogP contribution is -2.14. The number of thiazole rings is 1. The molecule has 0 amide bonds. The molecule has 0 radical (unpaired) electrons. The molecule has 0 saturated heterocycles. The summed E-state index contributed by atoms with van der Waals surface area (Å²) >= 11 is 1.02. The molecule has 0 aliphatic carbocycles. The van der Waals surface area contributed by atoms with Gasteiger partial charge in [-0.05, 0) is 35.9 Å². The lowest BCUT2D eigenvalue weighted by molar-refractivity contribution is 0.405. The van der Waals surface area contributed by atoms with Crippen molar-refractivity contribution in [3.8, 4) is 11.5 Å². The number of hydrogen-bond acceptors (Lipinski definition) is 6. The van der Waals surface area contributed by atoms with Crippen LogP contribution < -0.4 is 19.1 Å². The SMILES string of the molecule is COc1ccc(OC)c(NS(=O)(=O)c2ccc3c(c2)sc(=O)n3Cc2ccccc2)c1. The summed E-state index contributed by atoms with van der Waals surface area (Å²) in [5.74, 6) is 0.856. The van der Waals surface area contributed by atoms with Gasteiger partial charge in [-0.2, -0.15) is 0 Å². The van der Waals surface area contributed by atoms with Crippen LogP contribution in [0.5, 0.6) is 11.5 Å². The van der Waals surface area contributed by atoms with E-state index in [4.69, 9.17) is 9.47 Å². The van der Waals surface area contributed by atoms with Crippen LogP contribution in [0.4, 0.5) is 5.69 Å². The van der Waals surface area contributed by atoms with E-state index in [1.165, 1.54) is 26.4 Å². The maximum Gasteiger partial charge on any atom is 0.308 e. The molecule has 0 aliphatic heterocycles. The molecule has 4 aromatic rings. The van der Waals surface area contributed by atoms with Crippen molar-refractivity contribution < 1.29 is 17.9 Å². The summed E-state index contributed by atoms with van der Waals surface area (Å²) in [6.45, 7) is 0.422. The van der Waals surface area contributed by atoms with Gasteiger partial charge in [-0.1, -0.05) is 41.7 Å². The minimum Gasteiger partial charge on any atom is -0.497 e. The van der Waals surface area contributed by atoms with Gasteiger partial charge in [0.2, 0.25) is 0 Å². The van der Waals surface area contributed by atoms with E-state index in [0.29, 0.717) is 28.3 Å². The third-order valence-electron chi connectivity index (χ3n) is 4.78. The third kappa shape index (κ3) is 4.28. The van der Waals surface area contributed by atoms with Gasteiger partial charge in [0.25, 0.3) is 10.0 Å². The van der Waals surface area contributed by atoms with Gasteiger partial charge in [-0.15, -0.1) is 0 Å². The Morgan fingerprint density at radius 3 is 2.45 bits per heavy atom. The van der Waals surface area contributed by atoms with Crippen molar-refractivity contribution >= 4 is 37.3 Å². The van der Waals surface area contributed by atoms with Crippen molar-refractivity contribution in [2.24, 2.45) is 0 Å². The number of sulfonamides is 1. The molecule has 0 aliphatic rings. The Labute approximate surface area is 183 Å². The standard InChI is InChI=1S/C22H20N2O5S2/c1-28-16-8-11-20(29-2)18(12-16)23-31(26,27)17-9-10-19-21(13-17)30-22(25)24(19)14-15-6-4-3-5-7-15/h3-13,23H,14H2,1-2H3. The number of hydrogen-bond donors (Lipinski definition) is 1. The number of nitrogens with one attached hydrogen (secondary N) is 1. The van der Waals surface area contributed by atoms with Gasteiger partial charge in [0.05, 0.1) is 41.6 Å². The van der Waals surface area contributed by atoms with Gasteiger partial charge in [0.1, 0.15) is 11.5 Å². The van der Waals surface area contributed by atoms with E-state index in [0.717, 1.165) is 16.9 Å². The Balaban J connectivity index is 1.69. The summed E-state index contributed by atoms with van der Waals surface area (Å²) in [4.78, 5) is 12.4. The maximum atomic E-state index is 13.0. The Kier molecular flexibility index (Phi) is 5.71. The van der Waals surface area contributed by atoms with Crippen molar-refractivity contribution in [3.05, 3.63) is 82.0 Å². The van der Waals surface area contributed by atoms with Gasteiger partial charge in [0.15, 0.2) is 0 Å². The van der Waals surface area contributed by atoms with Crippen LogP contribution in [0.1, 0.15) is 5.56 Å². The highest BCUT2D eigenvalue weighted by Gasteiger charge is 2.19. The number of nitrogens with zero attached hydrogens (tertiary/aromatic N) is 1. The molecular weight excluding hydrogens is 436 g/mol. The van der Waals surface area contributed by atoms with Crippen LogP contribution in [0.2, 0.25) is 0 Å². The van der Waals surface area contributed by atoms with E-state index < -0.39 is 10.0 Å². The van der Waals surface area contributed by atoms with Crippen LogP contribution in [-0.2, 0) is 16.6 Å². The van der Waals surface area contributed by atoms with Gasteiger partial charge in [0, 0.05) is 6.07 Å². The first-order valence-electron chi connectivity index (χ1n) is 9.33. The summed E-state index contributed by atoms with van der Waals surface area (Å²) in [5, 5.41) is 0. The second-order valence-electron chi connectivity index (χ2n) is 6.74. The Morgan fingerprint density at radius 2 is 1.74 bits per heavy atom. The van der Waals surface area contributed by atoms with E-state index in [2.05, 4.69) is 4.72 Å². The largest absolute Gasteiger partial charge is 0.497 e. The van der Waals surface area contributed by atoms with E-state index in [1.807, 2.05) is 30.3 Å². The van der Waals surface area contributed by atoms with Crippen molar-refractivity contribution in [2.45, 2.75) is 11.4 Å². The fourth-order valence-electron chi connectivity index (χ4n) is 3.23. The van der Waals surface area contributed by atoms with Gasteiger partial charge in [-0.25, -0.2) is 8.42 Å². The minimum atomic E-state index is -3.92. The molecule has 0 fully saturated rings. The smallest absolute Gasteiger partial charge is 0.308 e. The summed E-state index contributed by atoms with van der Waals surface area (Å²) < 4.78 is 41.2. The molecule has 0 unspecified atom stereocenters. The number of aromatic nitrogens is 1. The summed E-state index contributed by atoms with van der Waals surface area (Å²) in [7, 11) is -0.962. The molecule has 4 rings (SSSR count). The molecule has 0 bridgehead atoms. The number of rotatable bonds is 7. The predicted octanol–water partition coefficient (Wildman–Crippen LogP) is 3.93. The van der Waals surface area contributed by atoms with Crippen LogP contribution in [0, 0.1) is 0 Å². The van der Waals surface area contributed by atoms with Crippen LogP contribution in [-0.4, -0.2) is 27.2 Å². The van der Waals surface area contributed by atoms with Gasteiger partial charge in [-0.3, -0.25) is 14.1 Å². The van der Waals surface area contributed by atoms with E-state index >= 15 is 0 Å². The monoisotopic (exact) mass is 456 g/mol. The zero-order valence-corrected chi connectivity index (χ0v) is 18.5. The fourth-order valence-corrected chi connectivity index (χ4v) is 5.32. The zero-order chi connectivity index (χ0) is 22.0. The number of fused-ring (bicyclic) bond motifs is 1. The molecule has 3 aromatic carbocycles. The highest BCUT2D eigenvalue weighted by atomic mass is 32.2.